The molecule has 32 heavy (non-hydrogen) atoms. The molecule has 0 fully saturated rings. The van der Waals surface area contributed by atoms with Crippen molar-refractivity contribution >= 4 is 23.6 Å². The van der Waals surface area contributed by atoms with Gasteiger partial charge >= 0.3 is 5.97 Å². The molecule has 6 nitrogen and oxygen atoms in total. The lowest BCUT2D eigenvalue weighted by atomic mass is 10.0. The first-order chi connectivity index (χ1) is 15.5. The number of nitrogens with one attached hydrogen (secondary N) is 1. The Labute approximate surface area is 186 Å². The minimum absolute atomic E-state index is 0.209. The monoisotopic (exact) mass is 426 g/mol. The summed E-state index contributed by atoms with van der Waals surface area (Å²) in [6, 6.07) is 25.7. The Morgan fingerprint density at radius 1 is 0.969 bits per heavy atom. The van der Waals surface area contributed by atoms with Gasteiger partial charge in [-0.05, 0) is 42.3 Å². The first kappa shape index (κ1) is 22.3. The number of esters is 1. The molecule has 1 atom stereocenters. The zero-order chi connectivity index (χ0) is 22.9. The molecule has 0 saturated carbocycles. The van der Waals surface area contributed by atoms with E-state index in [0.29, 0.717) is 17.0 Å². The van der Waals surface area contributed by atoms with Crippen molar-refractivity contribution in [2.24, 2.45) is 0 Å². The highest BCUT2D eigenvalue weighted by Crippen LogP contribution is 2.27. The van der Waals surface area contributed by atoms with E-state index in [2.05, 4.69) is 5.32 Å². The van der Waals surface area contributed by atoms with E-state index in [-0.39, 0.29) is 5.57 Å². The van der Waals surface area contributed by atoms with E-state index >= 15 is 0 Å². The molecule has 0 spiro atoms. The number of amides is 1. The van der Waals surface area contributed by atoms with Crippen LogP contribution in [-0.2, 0) is 14.3 Å². The largest absolute Gasteiger partial charge is 0.497 e. The number of carbonyl (C=O) groups excluding carboxylic acids is 2. The van der Waals surface area contributed by atoms with Crippen LogP contribution in [0.25, 0.3) is 17.2 Å². The fourth-order valence-electron chi connectivity index (χ4n) is 2.98. The Morgan fingerprint density at radius 3 is 2.28 bits per heavy atom. The van der Waals surface area contributed by atoms with Crippen molar-refractivity contribution in [3.63, 3.8) is 0 Å². The molecule has 0 aliphatic heterocycles. The summed E-state index contributed by atoms with van der Waals surface area (Å²) in [5, 5.41) is 12.2. The minimum Gasteiger partial charge on any atom is -0.497 e. The number of methoxy groups -OCH3 is 1. The lowest BCUT2D eigenvalue weighted by molar-refractivity contribution is -0.148. The zero-order valence-corrected chi connectivity index (χ0v) is 17.7. The number of para-hydroxylation sites is 1. The van der Waals surface area contributed by atoms with E-state index in [4.69, 9.17) is 9.47 Å². The summed E-state index contributed by atoms with van der Waals surface area (Å²) in [6.07, 6.45) is 0.302. The van der Waals surface area contributed by atoms with Gasteiger partial charge in [0.2, 0.25) is 0 Å². The summed E-state index contributed by atoms with van der Waals surface area (Å²) in [7, 11) is 1.55. The van der Waals surface area contributed by atoms with Crippen molar-refractivity contribution < 1.29 is 19.1 Å². The number of ether oxygens (including phenoxy) is 2. The first-order valence-electron chi connectivity index (χ1n) is 9.94. The average molecular weight is 426 g/mol. The third-order valence-corrected chi connectivity index (χ3v) is 4.69. The van der Waals surface area contributed by atoms with Crippen molar-refractivity contribution in [2.45, 2.75) is 13.0 Å². The number of nitriles is 1. The molecule has 0 aliphatic carbocycles. The Balaban J connectivity index is 1.69. The Bertz CT molecular complexity index is 1160. The Kier molecular flexibility index (Phi) is 7.39. The molecule has 1 N–H and O–H groups in total. The summed E-state index contributed by atoms with van der Waals surface area (Å²) in [5.41, 5.74) is 2.81. The standard InChI is InChI=1S/C26H22N2O4/c1-18(32-26(30)21(17-27)16-19-12-14-22(31-2)15-13-19)25(29)28-24-11-7-6-10-23(24)20-8-4-3-5-9-20/h3-16,18H,1-2H3,(H,28,29)/b21-16+. The van der Waals surface area contributed by atoms with Crippen LogP contribution in [0.15, 0.2) is 84.4 Å². The molecule has 3 aromatic carbocycles. The van der Waals surface area contributed by atoms with Crippen LogP contribution in [0.2, 0.25) is 0 Å². The molecule has 1 amide bonds. The van der Waals surface area contributed by atoms with Gasteiger partial charge in [-0.25, -0.2) is 4.79 Å². The predicted molar refractivity (Wildman–Crippen MR) is 123 cm³/mol. The van der Waals surface area contributed by atoms with Crippen LogP contribution in [-0.4, -0.2) is 25.1 Å². The van der Waals surface area contributed by atoms with Crippen LogP contribution in [0, 0.1) is 11.3 Å². The molecule has 0 radical (unpaired) electrons. The van der Waals surface area contributed by atoms with Crippen molar-refractivity contribution in [1.29, 1.82) is 5.26 Å². The van der Waals surface area contributed by atoms with Crippen LogP contribution in [0.1, 0.15) is 12.5 Å². The molecular weight excluding hydrogens is 404 g/mol. The number of carbonyl (C=O) groups is 2. The van der Waals surface area contributed by atoms with Crippen LogP contribution < -0.4 is 10.1 Å². The molecule has 1 unspecified atom stereocenters. The zero-order valence-electron chi connectivity index (χ0n) is 17.7. The maximum atomic E-state index is 12.7. The van der Waals surface area contributed by atoms with Crippen LogP contribution >= 0.6 is 0 Å². The number of hydrogen-bond acceptors (Lipinski definition) is 5. The van der Waals surface area contributed by atoms with Gasteiger partial charge in [0.25, 0.3) is 5.91 Å². The van der Waals surface area contributed by atoms with Gasteiger partial charge in [-0.3, -0.25) is 4.79 Å². The van der Waals surface area contributed by atoms with Crippen molar-refractivity contribution in [3.05, 3.63) is 90.0 Å². The normalized spacial score (nSPS) is 11.7. The maximum absolute atomic E-state index is 12.7. The second kappa shape index (κ2) is 10.6. The Hall–Kier alpha value is -4.37. The number of nitrogens with zero attached hydrogens (tertiary/aromatic N) is 1. The summed E-state index contributed by atoms with van der Waals surface area (Å²) < 4.78 is 10.3. The molecule has 0 aliphatic rings. The van der Waals surface area contributed by atoms with E-state index < -0.39 is 18.0 Å². The molecular formula is C26H22N2O4. The lowest BCUT2D eigenvalue weighted by Crippen LogP contribution is -2.30. The maximum Gasteiger partial charge on any atom is 0.349 e. The Morgan fingerprint density at radius 2 is 1.62 bits per heavy atom. The van der Waals surface area contributed by atoms with Gasteiger partial charge in [-0.2, -0.15) is 5.26 Å². The molecule has 160 valence electrons. The van der Waals surface area contributed by atoms with Gasteiger partial charge in [-0.15, -0.1) is 0 Å². The first-order valence-corrected chi connectivity index (χ1v) is 9.94. The highest BCUT2D eigenvalue weighted by atomic mass is 16.5. The highest BCUT2D eigenvalue weighted by Gasteiger charge is 2.21. The predicted octanol–water partition coefficient (Wildman–Crippen LogP) is 4.84. The molecule has 0 aromatic heterocycles. The third-order valence-electron chi connectivity index (χ3n) is 4.69. The lowest BCUT2D eigenvalue weighted by Gasteiger charge is -2.15. The van der Waals surface area contributed by atoms with E-state index in [1.807, 2.05) is 54.6 Å². The molecule has 0 saturated heterocycles. The smallest absolute Gasteiger partial charge is 0.349 e. The van der Waals surface area contributed by atoms with Gasteiger partial charge in [0.05, 0.1) is 7.11 Å². The quantitative estimate of drug-likeness (QED) is 0.332. The van der Waals surface area contributed by atoms with Gasteiger partial charge in [0.15, 0.2) is 6.10 Å². The van der Waals surface area contributed by atoms with E-state index in [1.165, 1.54) is 13.0 Å². The molecule has 0 bridgehead atoms. The van der Waals surface area contributed by atoms with E-state index in [1.54, 1.807) is 37.4 Å². The minimum atomic E-state index is -1.10. The fraction of sp³-hybridized carbons (Fsp3) is 0.115. The molecule has 3 rings (SSSR count). The van der Waals surface area contributed by atoms with Gasteiger partial charge in [-0.1, -0.05) is 60.7 Å². The summed E-state index contributed by atoms with van der Waals surface area (Å²) in [5.74, 6) is -0.713. The molecule has 3 aromatic rings. The SMILES string of the molecule is COc1ccc(/C=C(\C#N)C(=O)OC(C)C(=O)Nc2ccccc2-c2ccccc2)cc1. The summed E-state index contributed by atoms with van der Waals surface area (Å²) in [6.45, 7) is 1.46. The van der Waals surface area contributed by atoms with Crippen LogP contribution in [0.3, 0.4) is 0 Å². The van der Waals surface area contributed by atoms with Crippen LogP contribution in [0.5, 0.6) is 5.75 Å². The molecule has 0 heterocycles. The number of benzene rings is 3. The topological polar surface area (TPSA) is 88.4 Å². The number of hydrogen-bond donors (Lipinski definition) is 1. The molecule has 6 heteroatoms. The van der Waals surface area contributed by atoms with Crippen molar-refractivity contribution in [2.75, 3.05) is 12.4 Å². The number of rotatable bonds is 7. The van der Waals surface area contributed by atoms with Gasteiger partial charge in [0, 0.05) is 11.3 Å². The van der Waals surface area contributed by atoms with Crippen molar-refractivity contribution in [3.8, 4) is 22.9 Å². The summed E-state index contributed by atoms with van der Waals surface area (Å²) in [4.78, 5) is 25.1. The number of anilines is 1. The van der Waals surface area contributed by atoms with Crippen LogP contribution in [0.4, 0.5) is 5.69 Å². The average Bonchev–Trinajstić information content (AvgIpc) is 2.83. The summed E-state index contributed by atoms with van der Waals surface area (Å²) >= 11 is 0. The third kappa shape index (κ3) is 5.61. The highest BCUT2D eigenvalue weighted by molar-refractivity contribution is 6.02. The van der Waals surface area contributed by atoms with E-state index in [9.17, 15) is 14.9 Å². The van der Waals surface area contributed by atoms with Crippen molar-refractivity contribution in [1.82, 2.24) is 0 Å². The van der Waals surface area contributed by atoms with Gasteiger partial charge < -0.3 is 14.8 Å². The fourth-order valence-corrected chi connectivity index (χ4v) is 2.98. The van der Waals surface area contributed by atoms with Gasteiger partial charge in [0.1, 0.15) is 17.4 Å². The second-order valence-electron chi connectivity index (χ2n) is 6.89. The van der Waals surface area contributed by atoms with E-state index in [0.717, 1.165) is 11.1 Å². The second-order valence-corrected chi connectivity index (χ2v) is 6.89.